The van der Waals surface area contributed by atoms with Crippen LogP contribution in [0, 0.1) is 17.0 Å². The van der Waals surface area contributed by atoms with Crippen molar-refractivity contribution < 1.29 is 9.66 Å². The number of nitrogens with one attached hydrogen (secondary N) is 1. The van der Waals surface area contributed by atoms with Crippen LogP contribution in [0.1, 0.15) is 26.0 Å². The van der Waals surface area contributed by atoms with Crippen molar-refractivity contribution >= 4 is 17.5 Å². The van der Waals surface area contributed by atoms with E-state index >= 15 is 0 Å². The van der Waals surface area contributed by atoms with E-state index in [9.17, 15) is 10.1 Å². The predicted octanol–water partition coefficient (Wildman–Crippen LogP) is 1.25. The quantitative estimate of drug-likeness (QED) is 0.625. The number of nitrogen functional groups attached to an aromatic ring is 1. The molecule has 19 heavy (non-hydrogen) atoms. The number of anilines is 2. The van der Waals surface area contributed by atoms with E-state index in [2.05, 4.69) is 15.3 Å². The van der Waals surface area contributed by atoms with Gasteiger partial charge in [-0.05, 0) is 27.2 Å². The number of hydrogen-bond acceptors (Lipinski definition) is 7. The summed E-state index contributed by atoms with van der Waals surface area (Å²) in [6.07, 6.45) is 0.678. The SMILES string of the molecule is Cc1nc(N)nc(NC2(C)CCOC2C)c1[N+](=O)[O-]. The van der Waals surface area contributed by atoms with Gasteiger partial charge in [0.05, 0.1) is 16.6 Å². The van der Waals surface area contributed by atoms with E-state index in [0.29, 0.717) is 6.61 Å². The Bertz CT molecular complexity index is 521. The van der Waals surface area contributed by atoms with Crippen molar-refractivity contribution in [2.75, 3.05) is 17.7 Å². The molecule has 3 N–H and O–H groups in total. The van der Waals surface area contributed by atoms with E-state index in [4.69, 9.17) is 10.5 Å². The van der Waals surface area contributed by atoms with Crippen LogP contribution in [0.25, 0.3) is 0 Å². The van der Waals surface area contributed by atoms with Gasteiger partial charge < -0.3 is 15.8 Å². The molecule has 2 heterocycles. The van der Waals surface area contributed by atoms with Gasteiger partial charge in [0, 0.05) is 6.61 Å². The summed E-state index contributed by atoms with van der Waals surface area (Å²) in [6, 6.07) is 0. The fraction of sp³-hybridized carbons (Fsp3) is 0.636. The highest BCUT2D eigenvalue weighted by molar-refractivity contribution is 5.61. The Morgan fingerprint density at radius 3 is 2.79 bits per heavy atom. The van der Waals surface area contributed by atoms with Crippen LogP contribution in [0.15, 0.2) is 0 Å². The van der Waals surface area contributed by atoms with E-state index in [0.717, 1.165) is 6.42 Å². The van der Waals surface area contributed by atoms with Crippen molar-refractivity contribution in [3.05, 3.63) is 15.8 Å². The molecule has 1 aromatic heterocycles. The Hall–Kier alpha value is -1.96. The Kier molecular flexibility index (Phi) is 3.27. The van der Waals surface area contributed by atoms with Crippen LogP contribution in [-0.4, -0.2) is 33.1 Å². The molecule has 0 saturated carbocycles. The summed E-state index contributed by atoms with van der Waals surface area (Å²) < 4.78 is 5.49. The summed E-state index contributed by atoms with van der Waals surface area (Å²) in [6.45, 7) is 6.02. The Morgan fingerprint density at radius 2 is 2.26 bits per heavy atom. The van der Waals surface area contributed by atoms with Gasteiger partial charge in [-0.2, -0.15) is 4.98 Å². The Morgan fingerprint density at radius 1 is 1.58 bits per heavy atom. The minimum Gasteiger partial charge on any atom is -0.376 e. The first-order valence-electron chi connectivity index (χ1n) is 6.02. The molecule has 2 unspecified atom stereocenters. The molecule has 0 bridgehead atoms. The van der Waals surface area contributed by atoms with E-state index < -0.39 is 10.5 Å². The number of rotatable bonds is 3. The molecule has 0 radical (unpaired) electrons. The molecule has 0 aliphatic carbocycles. The van der Waals surface area contributed by atoms with Crippen LogP contribution in [-0.2, 0) is 4.74 Å². The van der Waals surface area contributed by atoms with Crippen molar-refractivity contribution in [1.29, 1.82) is 0 Å². The van der Waals surface area contributed by atoms with Crippen LogP contribution < -0.4 is 11.1 Å². The topological polar surface area (TPSA) is 116 Å². The van der Waals surface area contributed by atoms with Gasteiger partial charge in [-0.3, -0.25) is 10.1 Å². The predicted molar refractivity (Wildman–Crippen MR) is 69.9 cm³/mol. The zero-order chi connectivity index (χ0) is 14.2. The van der Waals surface area contributed by atoms with Gasteiger partial charge in [0.15, 0.2) is 0 Å². The standard InChI is InChI=1S/C11H17N5O3/c1-6-8(16(17)18)9(14-10(12)13-6)15-11(3)4-5-19-7(11)2/h7H,4-5H2,1-3H3,(H3,12,13,14,15). The summed E-state index contributed by atoms with van der Waals surface area (Å²) in [5.74, 6) is 0.163. The Labute approximate surface area is 110 Å². The van der Waals surface area contributed by atoms with Gasteiger partial charge in [0.2, 0.25) is 11.8 Å². The summed E-state index contributed by atoms with van der Waals surface area (Å²) in [5, 5.41) is 14.2. The second-order valence-corrected chi connectivity index (χ2v) is 4.93. The maximum Gasteiger partial charge on any atom is 0.332 e. The molecule has 8 heteroatoms. The molecule has 0 aromatic carbocycles. The smallest absolute Gasteiger partial charge is 0.332 e. The molecule has 2 rings (SSSR count). The summed E-state index contributed by atoms with van der Waals surface area (Å²) in [7, 11) is 0. The molecule has 1 aliphatic rings. The molecule has 1 aromatic rings. The van der Waals surface area contributed by atoms with Gasteiger partial charge in [0.25, 0.3) is 0 Å². The number of nitrogens with zero attached hydrogens (tertiary/aromatic N) is 3. The minimum atomic E-state index is -0.499. The lowest BCUT2D eigenvalue weighted by Crippen LogP contribution is -2.41. The highest BCUT2D eigenvalue weighted by Gasteiger charge is 2.39. The second kappa shape index (κ2) is 4.61. The molecular formula is C11H17N5O3. The first kappa shape index (κ1) is 13.5. The van der Waals surface area contributed by atoms with Crippen LogP contribution in [0.5, 0.6) is 0 Å². The number of ether oxygens (including phenoxy) is 1. The molecule has 1 saturated heterocycles. The molecule has 8 nitrogen and oxygen atoms in total. The van der Waals surface area contributed by atoms with Gasteiger partial charge in [-0.25, -0.2) is 4.98 Å². The monoisotopic (exact) mass is 267 g/mol. The van der Waals surface area contributed by atoms with Gasteiger partial charge >= 0.3 is 5.69 Å². The second-order valence-electron chi connectivity index (χ2n) is 4.93. The number of nitro groups is 1. The zero-order valence-electron chi connectivity index (χ0n) is 11.1. The van der Waals surface area contributed by atoms with E-state index in [1.54, 1.807) is 0 Å². The molecule has 1 aliphatic heterocycles. The first-order valence-corrected chi connectivity index (χ1v) is 6.02. The highest BCUT2D eigenvalue weighted by atomic mass is 16.6. The normalized spacial score (nSPS) is 26.4. The van der Waals surface area contributed by atoms with Crippen molar-refractivity contribution in [3.8, 4) is 0 Å². The van der Waals surface area contributed by atoms with Crippen LogP contribution in [0.2, 0.25) is 0 Å². The lowest BCUT2D eigenvalue weighted by Gasteiger charge is -2.29. The molecule has 104 valence electrons. The average molecular weight is 267 g/mol. The summed E-state index contributed by atoms with van der Waals surface area (Å²) >= 11 is 0. The molecule has 2 atom stereocenters. The fourth-order valence-electron chi connectivity index (χ4n) is 2.16. The molecule has 0 spiro atoms. The maximum absolute atomic E-state index is 11.1. The van der Waals surface area contributed by atoms with Crippen LogP contribution in [0.3, 0.4) is 0 Å². The third-order valence-corrected chi connectivity index (χ3v) is 3.55. The lowest BCUT2D eigenvalue weighted by molar-refractivity contribution is -0.385. The van der Waals surface area contributed by atoms with Crippen molar-refractivity contribution in [1.82, 2.24) is 9.97 Å². The zero-order valence-corrected chi connectivity index (χ0v) is 11.1. The van der Waals surface area contributed by atoms with E-state index in [1.807, 2.05) is 13.8 Å². The summed E-state index contributed by atoms with van der Waals surface area (Å²) in [5.41, 5.74) is 5.26. The maximum atomic E-state index is 11.1. The number of nitrogens with two attached hydrogens (primary N) is 1. The largest absolute Gasteiger partial charge is 0.376 e. The third kappa shape index (κ3) is 2.43. The van der Waals surface area contributed by atoms with Gasteiger partial charge in [-0.15, -0.1) is 0 Å². The third-order valence-electron chi connectivity index (χ3n) is 3.55. The molecular weight excluding hydrogens is 250 g/mol. The summed E-state index contributed by atoms with van der Waals surface area (Å²) in [4.78, 5) is 18.4. The number of aromatic nitrogens is 2. The number of aryl methyl sites for hydroxylation is 1. The van der Waals surface area contributed by atoms with Gasteiger partial charge in [-0.1, -0.05) is 0 Å². The van der Waals surface area contributed by atoms with Crippen LogP contribution in [0.4, 0.5) is 17.5 Å². The van der Waals surface area contributed by atoms with Gasteiger partial charge in [0.1, 0.15) is 5.69 Å². The molecule has 1 fully saturated rings. The Balaban J connectivity index is 2.42. The van der Waals surface area contributed by atoms with Crippen molar-refractivity contribution in [3.63, 3.8) is 0 Å². The molecule has 0 amide bonds. The number of hydrogen-bond donors (Lipinski definition) is 2. The van der Waals surface area contributed by atoms with E-state index in [-0.39, 0.29) is 29.3 Å². The lowest BCUT2D eigenvalue weighted by atomic mass is 9.94. The van der Waals surface area contributed by atoms with Crippen molar-refractivity contribution in [2.24, 2.45) is 0 Å². The van der Waals surface area contributed by atoms with E-state index in [1.165, 1.54) is 6.92 Å². The van der Waals surface area contributed by atoms with Crippen LogP contribution >= 0.6 is 0 Å². The first-order chi connectivity index (χ1) is 8.83. The van der Waals surface area contributed by atoms with Crippen molar-refractivity contribution in [2.45, 2.75) is 38.8 Å². The fourth-order valence-corrected chi connectivity index (χ4v) is 2.16. The minimum absolute atomic E-state index is 0.0146. The highest BCUT2D eigenvalue weighted by Crippen LogP contribution is 2.33. The average Bonchev–Trinajstić information content (AvgIpc) is 2.56.